The molecule has 5 nitrogen and oxygen atoms in total. The first-order valence-electron chi connectivity index (χ1n) is 5.62. The Labute approximate surface area is 94.9 Å². The smallest absolute Gasteiger partial charge is 0.203 e. The summed E-state index contributed by atoms with van der Waals surface area (Å²) in [5.41, 5.74) is 0.795. The lowest BCUT2D eigenvalue weighted by atomic mass is 10.1. The molecule has 0 saturated heterocycles. The molecular formula is C11H17N5. The first-order chi connectivity index (χ1) is 7.72. The van der Waals surface area contributed by atoms with Gasteiger partial charge in [0.2, 0.25) is 5.65 Å². The molecule has 0 bridgehead atoms. The van der Waals surface area contributed by atoms with E-state index in [1.165, 1.54) is 0 Å². The van der Waals surface area contributed by atoms with Crippen LogP contribution in [-0.4, -0.2) is 26.1 Å². The minimum absolute atomic E-state index is 0.631. The van der Waals surface area contributed by atoms with E-state index >= 15 is 0 Å². The van der Waals surface area contributed by atoms with Crippen molar-refractivity contribution in [3.05, 3.63) is 18.2 Å². The molecule has 0 aliphatic rings. The van der Waals surface area contributed by atoms with Gasteiger partial charge in [-0.25, -0.2) is 4.98 Å². The fraction of sp³-hybridized carbons (Fsp3) is 0.545. The summed E-state index contributed by atoms with van der Waals surface area (Å²) in [5, 5.41) is 11.5. The Morgan fingerprint density at radius 3 is 3.00 bits per heavy atom. The highest BCUT2D eigenvalue weighted by molar-refractivity contribution is 5.61. The van der Waals surface area contributed by atoms with Crippen LogP contribution in [0, 0.1) is 12.8 Å². The van der Waals surface area contributed by atoms with Crippen LogP contribution in [0.2, 0.25) is 0 Å². The monoisotopic (exact) mass is 219 g/mol. The molecule has 1 unspecified atom stereocenters. The molecule has 2 heterocycles. The molecule has 86 valence electrons. The Morgan fingerprint density at radius 2 is 2.25 bits per heavy atom. The topological polar surface area (TPSA) is 55.1 Å². The van der Waals surface area contributed by atoms with Gasteiger partial charge in [-0.2, -0.15) is 0 Å². The number of nitrogens with one attached hydrogen (secondary N) is 1. The van der Waals surface area contributed by atoms with Gasteiger partial charge in [0, 0.05) is 18.9 Å². The minimum atomic E-state index is 0.631. The van der Waals surface area contributed by atoms with Gasteiger partial charge in [0.15, 0.2) is 5.82 Å². The van der Waals surface area contributed by atoms with Crippen LogP contribution in [0.25, 0.3) is 5.65 Å². The Kier molecular flexibility index (Phi) is 3.03. The second kappa shape index (κ2) is 4.47. The van der Waals surface area contributed by atoms with Crippen molar-refractivity contribution in [1.82, 2.24) is 19.6 Å². The molecule has 2 aromatic heterocycles. The van der Waals surface area contributed by atoms with Crippen LogP contribution < -0.4 is 5.32 Å². The molecule has 2 rings (SSSR count). The first-order valence-corrected chi connectivity index (χ1v) is 5.62. The molecule has 16 heavy (non-hydrogen) atoms. The molecule has 0 aliphatic heterocycles. The minimum Gasteiger partial charge on any atom is -0.367 e. The number of hydrogen-bond donors (Lipinski definition) is 1. The Hall–Kier alpha value is -1.65. The van der Waals surface area contributed by atoms with Gasteiger partial charge in [0.1, 0.15) is 5.82 Å². The molecule has 0 saturated carbocycles. The summed E-state index contributed by atoms with van der Waals surface area (Å²) in [6, 6.07) is 0. The Morgan fingerprint density at radius 1 is 1.44 bits per heavy atom. The molecule has 0 aliphatic carbocycles. The summed E-state index contributed by atoms with van der Waals surface area (Å²) in [4.78, 5) is 4.29. The van der Waals surface area contributed by atoms with E-state index in [-0.39, 0.29) is 0 Å². The molecule has 0 spiro atoms. The average Bonchev–Trinajstić information content (AvgIpc) is 2.69. The van der Waals surface area contributed by atoms with E-state index in [0.29, 0.717) is 5.92 Å². The molecule has 0 aromatic carbocycles. The molecule has 5 heteroatoms. The van der Waals surface area contributed by atoms with Gasteiger partial charge in [-0.1, -0.05) is 20.3 Å². The first kappa shape index (κ1) is 10.9. The number of fused-ring (bicyclic) bond motifs is 1. The lowest BCUT2D eigenvalue weighted by Gasteiger charge is -2.10. The predicted octanol–water partition coefficient (Wildman–Crippen LogP) is 1.89. The van der Waals surface area contributed by atoms with Crippen LogP contribution in [0.5, 0.6) is 0 Å². The summed E-state index contributed by atoms with van der Waals surface area (Å²) in [6.45, 7) is 7.23. The number of aryl methyl sites for hydroxylation is 1. The summed E-state index contributed by atoms with van der Waals surface area (Å²) in [6.07, 6.45) is 4.79. The number of aromatic nitrogens is 4. The van der Waals surface area contributed by atoms with Gasteiger partial charge in [-0.15, -0.1) is 10.2 Å². The molecule has 2 aromatic rings. The van der Waals surface area contributed by atoms with Gasteiger partial charge < -0.3 is 5.32 Å². The third kappa shape index (κ3) is 1.98. The van der Waals surface area contributed by atoms with E-state index in [2.05, 4.69) is 34.3 Å². The van der Waals surface area contributed by atoms with Crippen molar-refractivity contribution in [2.45, 2.75) is 27.2 Å². The van der Waals surface area contributed by atoms with Crippen LogP contribution in [0.4, 0.5) is 5.82 Å². The highest BCUT2D eigenvalue weighted by atomic mass is 15.3. The van der Waals surface area contributed by atoms with Gasteiger partial charge >= 0.3 is 0 Å². The zero-order valence-corrected chi connectivity index (χ0v) is 9.94. The lowest BCUT2D eigenvalue weighted by molar-refractivity contribution is 0.592. The summed E-state index contributed by atoms with van der Waals surface area (Å²) in [7, 11) is 0. The third-order valence-corrected chi connectivity index (χ3v) is 2.81. The van der Waals surface area contributed by atoms with Crippen LogP contribution in [-0.2, 0) is 0 Å². The van der Waals surface area contributed by atoms with Gasteiger partial charge in [0.05, 0.1) is 0 Å². The molecular weight excluding hydrogens is 202 g/mol. The summed E-state index contributed by atoms with van der Waals surface area (Å²) in [5.74, 6) is 2.32. The zero-order valence-electron chi connectivity index (χ0n) is 9.94. The van der Waals surface area contributed by atoms with Crippen LogP contribution >= 0.6 is 0 Å². The van der Waals surface area contributed by atoms with E-state index in [1.54, 1.807) is 6.20 Å². The molecule has 0 amide bonds. The van der Waals surface area contributed by atoms with E-state index in [4.69, 9.17) is 0 Å². The lowest BCUT2D eigenvalue weighted by Crippen LogP contribution is -2.12. The normalized spacial score (nSPS) is 12.9. The highest BCUT2D eigenvalue weighted by Crippen LogP contribution is 2.12. The predicted molar refractivity (Wildman–Crippen MR) is 63.5 cm³/mol. The standard InChI is InChI=1S/C11H17N5/c1-4-8(2)7-13-10-11-15-14-9(3)16(11)6-5-12-10/h5-6,8H,4,7H2,1-3H3,(H,12,13). The third-order valence-electron chi connectivity index (χ3n) is 2.81. The van der Waals surface area contributed by atoms with Crippen LogP contribution in [0.3, 0.4) is 0 Å². The maximum Gasteiger partial charge on any atom is 0.203 e. The van der Waals surface area contributed by atoms with E-state index in [9.17, 15) is 0 Å². The molecule has 0 fully saturated rings. The van der Waals surface area contributed by atoms with E-state index < -0.39 is 0 Å². The highest BCUT2D eigenvalue weighted by Gasteiger charge is 2.07. The Bertz CT molecular complexity index is 476. The maximum atomic E-state index is 4.29. The van der Waals surface area contributed by atoms with Gasteiger partial charge in [-0.05, 0) is 12.8 Å². The number of nitrogens with zero attached hydrogens (tertiary/aromatic N) is 4. The van der Waals surface area contributed by atoms with Crippen molar-refractivity contribution in [3.8, 4) is 0 Å². The van der Waals surface area contributed by atoms with E-state index in [0.717, 1.165) is 30.3 Å². The number of rotatable bonds is 4. The number of anilines is 1. The van der Waals surface area contributed by atoms with Crippen LogP contribution in [0.15, 0.2) is 12.4 Å². The summed E-state index contributed by atoms with van der Waals surface area (Å²) < 4.78 is 1.94. The van der Waals surface area contributed by atoms with Gasteiger partial charge in [-0.3, -0.25) is 4.40 Å². The fourth-order valence-corrected chi connectivity index (χ4v) is 1.48. The zero-order chi connectivity index (χ0) is 11.5. The fourth-order valence-electron chi connectivity index (χ4n) is 1.48. The summed E-state index contributed by atoms with van der Waals surface area (Å²) >= 11 is 0. The molecule has 1 N–H and O–H groups in total. The van der Waals surface area contributed by atoms with Crippen molar-refractivity contribution >= 4 is 11.5 Å². The van der Waals surface area contributed by atoms with E-state index in [1.807, 2.05) is 17.5 Å². The van der Waals surface area contributed by atoms with Crippen LogP contribution in [0.1, 0.15) is 26.1 Å². The largest absolute Gasteiger partial charge is 0.367 e. The molecule has 0 radical (unpaired) electrons. The van der Waals surface area contributed by atoms with Crippen molar-refractivity contribution < 1.29 is 0 Å². The Balaban J connectivity index is 2.24. The SMILES string of the molecule is CCC(C)CNc1nccn2c(C)nnc12. The number of hydrogen-bond acceptors (Lipinski definition) is 4. The molecule has 1 atom stereocenters. The second-order valence-corrected chi connectivity index (χ2v) is 4.11. The van der Waals surface area contributed by atoms with Crippen molar-refractivity contribution in [3.63, 3.8) is 0 Å². The van der Waals surface area contributed by atoms with Crippen molar-refractivity contribution in [1.29, 1.82) is 0 Å². The van der Waals surface area contributed by atoms with Gasteiger partial charge in [0.25, 0.3) is 0 Å². The quantitative estimate of drug-likeness (QED) is 0.853. The maximum absolute atomic E-state index is 4.29. The second-order valence-electron chi connectivity index (χ2n) is 4.11. The van der Waals surface area contributed by atoms with Crippen molar-refractivity contribution in [2.24, 2.45) is 5.92 Å². The van der Waals surface area contributed by atoms with Crippen molar-refractivity contribution in [2.75, 3.05) is 11.9 Å². The average molecular weight is 219 g/mol.